The molecule has 0 saturated heterocycles. The molecular formula is C28H41F2N6O4PS. The summed E-state index contributed by atoms with van der Waals surface area (Å²) < 4.78 is 41.2. The van der Waals surface area contributed by atoms with Gasteiger partial charge in [-0.05, 0) is 80.3 Å². The van der Waals surface area contributed by atoms with E-state index in [1.165, 1.54) is 17.8 Å². The average molecular weight is 627 g/mol. The molecule has 4 rings (SSSR count). The molecule has 232 valence electrons. The van der Waals surface area contributed by atoms with Gasteiger partial charge in [-0.2, -0.15) is 0 Å². The third-order valence-electron chi connectivity index (χ3n) is 7.44. The number of ether oxygens (including phenoxy) is 2. The number of halogens is 2. The minimum absolute atomic E-state index is 0.00408. The van der Waals surface area contributed by atoms with Crippen LogP contribution in [-0.4, -0.2) is 86.9 Å². The lowest BCUT2D eigenvalue weighted by Crippen LogP contribution is -2.36. The lowest BCUT2D eigenvalue weighted by molar-refractivity contribution is -0.224. The molecule has 1 heterocycles. The number of thioether (sulfide) groups is 1. The van der Waals surface area contributed by atoms with Crippen molar-refractivity contribution in [2.75, 3.05) is 19.0 Å². The zero-order valence-electron chi connectivity index (χ0n) is 24.5. The summed E-state index contributed by atoms with van der Waals surface area (Å²) in [5.41, 5.74) is 1.36. The van der Waals surface area contributed by atoms with E-state index in [4.69, 9.17) is 14.5 Å². The molecule has 2 saturated carbocycles. The first-order chi connectivity index (χ1) is 20.0. The first-order valence-corrected chi connectivity index (χ1v) is 15.7. The maximum atomic E-state index is 14.0. The molecule has 2 aliphatic carbocycles. The van der Waals surface area contributed by atoms with E-state index in [0.717, 1.165) is 30.2 Å². The van der Waals surface area contributed by atoms with Gasteiger partial charge in [0.1, 0.15) is 5.70 Å². The van der Waals surface area contributed by atoms with Crippen LogP contribution in [0.2, 0.25) is 0 Å². The summed E-state index contributed by atoms with van der Waals surface area (Å²) >= 11 is 1.50. The molecule has 2 fully saturated rings. The van der Waals surface area contributed by atoms with Crippen LogP contribution in [0.15, 0.2) is 50.0 Å². The monoisotopic (exact) mass is 626 g/mol. The molecule has 2 N–H and O–H groups in total. The van der Waals surface area contributed by atoms with Crippen LogP contribution in [-0.2, 0) is 9.47 Å². The molecule has 10 nitrogen and oxygen atoms in total. The number of hydrogen-bond acceptors (Lipinski definition) is 10. The minimum atomic E-state index is -1.34. The highest BCUT2D eigenvalue weighted by Gasteiger charge is 2.47. The van der Waals surface area contributed by atoms with Gasteiger partial charge in [-0.25, -0.2) is 18.8 Å². The highest BCUT2D eigenvalue weighted by atomic mass is 32.2. The van der Waals surface area contributed by atoms with Gasteiger partial charge in [0.15, 0.2) is 28.4 Å². The zero-order valence-corrected chi connectivity index (χ0v) is 26.5. The molecule has 3 aliphatic rings. The predicted molar refractivity (Wildman–Crippen MR) is 163 cm³/mol. The van der Waals surface area contributed by atoms with Crippen LogP contribution in [0.25, 0.3) is 0 Å². The van der Waals surface area contributed by atoms with E-state index < -0.39 is 23.5 Å². The molecule has 0 bridgehead atoms. The maximum Gasteiger partial charge on any atom is 0.188 e. The van der Waals surface area contributed by atoms with E-state index in [1.54, 1.807) is 19.9 Å². The van der Waals surface area contributed by atoms with Gasteiger partial charge in [-0.15, -0.1) is 5.11 Å². The SMILES string of the molecule is C=N/C(=N\C(=C1\N=NN([C@@H]2C[C@H](OCCO)[C@@H](OC(C)(C)O)C2)C1C)N(P)[C@@H]1C[C@H]1c1ccc(F)c(F)c1)SCCC. The van der Waals surface area contributed by atoms with Crippen LogP contribution < -0.4 is 0 Å². The molecular weight excluding hydrogens is 585 g/mol. The van der Waals surface area contributed by atoms with E-state index in [2.05, 4.69) is 38.4 Å². The smallest absolute Gasteiger partial charge is 0.188 e. The summed E-state index contributed by atoms with van der Waals surface area (Å²) in [6.45, 7) is 11.0. The maximum absolute atomic E-state index is 14.0. The first-order valence-electron chi connectivity index (χ1n) is 14.2. The molecule has 7 atom stereocenters. The minimum Gasteiger partial charge on any atom is -0.394 e. The van der Waals surface area contributed by atoms with Crippen molar-refractivity contribution in [3.05, 3.63) is 46.9 Å². The molecule has 14 heteroatoms. The van der Waals surface area contributed by atoms with Crippen molar-refractivity contribution in [3.8, 4) is 0 Å². The summed E-state index contributed by atoms with van der Waals surface area (Å²) in [6.07, 6.45) is 2.08. The highest BCUT2D eigenvalue weighted by Crippen LogP contribution is 2.49. The Balaban J connectivity index is 1.60. The Morgan fingerprint density at radius 3 is 2.64 bits per heavy atom. The summed E-state index contributed by atoms with van der Waals surface area (Å²) in [6, 6.07) is 3.64. The summed E-state index contributed by atoms with van der Waals surface area (Å²) in [7, 11) is 2.72. The number of amidine groups is 1. The normalized spacial score (nSPS) is 28.9. The van der Waals surface area contributed by atoms with E-state index in [0.29, 0.717) is 29.5 Å². The van der Waals surface area contributed by atoms with Gasteiger partial charge in [-0.3, -0.25) is 5.01 Å². The van der Waals surface area contributed by atoms with E-state index in [-0.39, 0.29) is 43.4 Å². The van der Waals surface area contributed by atoms with Crippen molar-refractivity contribution in [1.29, 1.82) is 0 Å². The second-order valence-electron chi connectivity index (χ2n) is 11.2. The topological polar surface area (TPSA) is 115 Å². The van der Waals surface area contributed by atoms with Crippen molar-refractivity contribution >= 4 is 33.0 Å². The van der Waals surface area contributed by atoms with Crippen LogP contribution in [0, 0.1) is 11.6 Å². The van der Waals surface area contributed by atoms with Crippen molar-refractivity contribution < 1.29 is 28.5 Å². The van der Waals surface area contributed by atoms with Gasteiger partial charge in [0.25, 0.3) is 0 Å². The third-order valence-corrected chi connectivity index (χ3v) is 9.16. The number of nitrogens with zero attached hydrogens (tertiary/aromatic N) is 6. The molecule has 1 aromatic rings. The fraction of sp³-hybridized carbons (Fsp3) is 0.643. The van der Waals surface area contributed by atoms with Gasteiger partial charge in [0.05, 0.1) is 37.5 Å². The van der Waals surface area contributed by atoms with Crippen LogP contribution in [0.4, 0.5) is 8.78 Å². The largest absolute Gasteiger partial charge is 0.394 e. The fourth-order valence-electron chi connectivity index (χ4n) is 5.42. The van der Waals surface area contributed by atoms with Crippen LogP contribution in [0.3, 0.4) is 0 Å². The van der Waals surface area contributed by atoms with Crippen molar-refractivity contribution in [3.63, 3.8) is 0 Å². The van der Waals surface area contributed by atoms with Crippen LogP contribution in [0.1, 0.15) is 64.9 Å². The molecule has 0 amide bonds. The molecule has 1 aliphatic heterocycles. The van der Waals surface area contributed by atoms with Crippen LogP contribution in [0.5, 0.6) is 0 Å². The molecule has 0 radical (unpaired) electrons. The molecule has 2 unspecified atom stereocenters. The second-order valence-corrected chi connectivity index (χ2v) is 12.8. The Labute approximate surface area is 252 Å². The fourth-order valence-corrected chi connectivity index (χ4v) is 6.57. The Morgan fingerprint density at radius 2 is 2.00 bits per heavy atom. The Kier molecular flexibility index (Phi) is 11.1. The summed E-state index contributed by atoms with van der Waals surface area (Å²) in [4.78, 5) is 9.02. The van der Waals surface area contributed by atoms with Gasteiger partial charge in [0, 0.05) is 17.7 Å². The van der Waals surface area contributed by atoms with Crippen molar-refractivity contribution in [2.24, 2.45) is 20.3 Å². The number of rotatable bonds is 12. The summed E-state index contributed by atoms with van der Waals surface area (Å²) in [5, 5.41) is 31.1. The van der Waals surface area contributed by atoms with Gasteiger partial charge >= 0.3 is 0 Å². The quantitative estimate of drug-likeness (QED) is 0.145. The number of benzene rings is 1. The van der Waals surface area contributed by atoms with Crippen molar-refractivity contribution in [2.45, 2.75) is 95.4 Å². The highest BCUT2D eigenvalue weighted by molar-refractivity contribution is 8.13. The molecule has 42 heavy (non-hydrogen) atoms. The number of aliphatic imine (C=N–C) groups is 2. The van der Waals surface area contributed by atoms with E-state index >= 15 is 0 Å². The first kappa shape index (κ1) is 32.9. The Bertz CT molecular complexity index is 1220. The van der Waals surface area contributed by atoms with Gasteiger partial charge in [-0.1, -0.05) is 30.0 Å². The zero-order chi connectivity index (χ0) is 30.6. The average Bonchev–Trinajstić information content (AvgIpc) is 3.52. The lowest BCUT2D eigenvalue weighted by atomic mass is 10.1. The van der Waals surface area contributed by atoms with E-state index in [1.807, 2.05) is 16.6 Å². The Hall–Kier alpha value is -2.02. The molecule has 1 aromatic carbocycles. The second kappa shape index (κ2) is 14.2. The van der Waals surface area contributed by atoms with Crippen LogP contribution >= 0.6 is 21.2 Å². The third kappa shape index (κ3) is 7.92. The number of aliphatic hydroxyl groups excluding tert-OH is 1. The molecule has 0 spiro atoms. The lowest BCUT2D eigenvalue weighted by Gasteiger charge is -2.28. The number of aliphatic hydroxyl groups is 2. The van der Waals surface area contributed by atoms with Gasteiger partial charge in [0.2, 0.25) is 0 Å². The number of hydrogen-bond donors (Lipinski definition) is 2. The summed E-state index contributed by atoms with van der Waals surface area (Å²) in [5.74, 6) is -1.69. The Morgan fingerprint density at radius 1 is 1.26 bits per heavy atom. The van der Waals surface area contributed by atoms with Gasteiger partial charge < -0.3 is 24.4 Å². The predicted octanol–water partition coefficient (Wildman–Crippen LogP) is 5.01. The molecule has 0 aromatic heterocycles. The van der Waals surface area contributed by atoms with Crippen molar-refractivity contribution in [1.82, 2.24) is 9.68 Å². The van der Waals surface area contributed by atoms with E-state index in [9.17, 15) is 19.0 Å². The standard InChI is InChI=1S/C28H41F2N6O4PS/c1-6-11-42-27(31-5)32-26(36(41)22-15-19(22)17-7-8-20(29)21(30)12-17)25-16(2)35(34-33-25)18-13-23(39-10-9-37)24(14-18)40-28(3,4)38/h7-8,12,16,18-19,22-24,37-38H,5-6,9-11,13-15,41H2,1-4H3/b26-25-,32-27+/t16?,18-,19+,22-,23+,24+/m1/s1.